The number of nitrogens with zero attached hydrogens (tertiary/aromatic N) is 3. The van der Waals surface area contributed by atoms with E-state index < -0.39 is 0 Å². The lowest BCUT2D eigenvalue weighted by atomic mass is 10.0. The summed E-state index contributed by atoms with van der Waals surface area (Å²) in [7, 11) is 0. The van der Waals surface area contributed by atoms with Crippen LogP contribution < -0.4 is 5.73 Å². The summed E-state index contributed by atoms with van der Waals surface area (Å²) in [5.41, 5.74) is 7.36. The Kier molecular flexibility index (Phi) is 3.43. The summed E-state index contributed by atoms with van der Waals surface area (Å²) in [6.07, 6.45) is 1.46. The molecule has 21 heavy (non-hydrogen) atoms. The number of hydrogen-bond acceptors (Lipinski definition) is 5. The van der Waals surface area contributed by atoms with Crippen LogP contribution in [-0.4, -0.2) is 20.7 Å². The van der Waals surface area contributed by atoms with Crippen LogP contribution in [0.1, 0.15) is 26.2 Å². The Bertz CT molecular complexity index is 758. The summed E-state index contributed by atoms with van der Waals surface area (Å²) in [6, 6.07) is 11.9. The molecule has 0 bridgehead atoms. The Hall–Kier alpha value is -2.27. The molecule has 3 rings (SSSR count). The van der Waals surface area contributed by atoms with E-state index in [9.17, 15) is 0 Å². The number of benzene rings is 1. The minimum Gasteiger partial charge on any atom is -0.339 e. The van der Waals surface area contributed by atoms with Crippen LogP contribution in [-0.2, 0) is 6.42 Å². The molecule has 0 aliphatic rings. The molecular formula is C16H18N4O. The van der Waals surface area contributed by atoms with Gasteiger partial charge in [0.05, 0.1) is 5.52 Å². The largest absolute Gasteiger partial charge is 0.339 e. The molecule has 0 amide bonds. The lowest BCUT2D eigenvalue weighted by Crippen LogP contribution is -2.32. The van der Waals surface area contributed by atoms with E-state index in [4.69, 9.17) is 10.3 Å². The zero-order valence-electron chi connectivity index (χ0n) is 12.2. The molecule has 0 aliphatic carbocycles. The normalized spacial score (nSPS) is 12.0. The van der Waals surface area contributed by atoms with Gasteiger partial charge in [-0.2, -0.15) is 4.98 Å². The Morgan fingerprint density at radius 2 is 1.90 bits per heavy atom. The summed E-state index contributed by atoms with van der Waals surface area (Å²) in [5.74, 6) is 1.11. The second-order valence-electron chi connectivity index (χ2n) is 5.89. The van der Waals surface area contributed by atoms with Crippen LogP contribution >= 0.6 is 0 Å². The van der Waals surface area contributed by atoms with Gasteiger partial charge in [-0.1, -0.05) is 29.4 Å². The number of pyridine rings is 1. The highest BCUT2D eigenvalue weighted by Gasteiger charge is 2.15. The average Bonchev–Trinajstić information content (AvgIpc) is 2.93. The SMILES string of the molecule is CC(C)(N)CCc1nc(-c2ccc3ccccc3n2)no1. The standard InChI is InChI=1S/C16H18N4O/c1-16(2,17)10-9-14-19-15(20-21-14)13-8-7-11-5-3-4-6-12(11)18-13/h3-8H,9-10,17H2,1-2H3. The van der Waals surface area contributed by atoms with Crippen molar-refractivity contribution in [3.63, 3.8) is 0 Å². The molecule has 5 nitrogen and oxygen atoms in total. The zero-order valence-corrected chi connectivity index (χ0v) is 12.2. The van der Waals surface area contributed by atoms with Crippen molar-refractivity contribution >= 4 is 10.9 Å². The molecule has 0 atom stereocenters. The number of nitrogens with two attached hydrogens (primary N) is 1. The van der Waals surface area contributed by atoms with Gasteiger partial charge in [0, 0.05) is 17.3 Å². The number of hydrogen-bond donors (Lipinski definition) is 1. The van der Waals surface area contributed by atoms with Gasteiger partial charge in [0.15, 0.2) is 0 Å². The van der Waals surface area contributed by atoms with Gasteiger partial charge >= 0.3 is 0 Å². The van der Waals surface area contributed by atoms with Crippen molar-refractivity contribution in [1.82, 2.24) is 15.1 Å². The molecule has 0 unspecified atom stereocenters. The van der Waals surface area contributed by atoms with Crippen molar-refractivity contribution in [2.75, 3.05) is 0 Å². The molecule has 0 spiro atoms. The molecule has 0 saturated carbocycles. The second-order valence-corrected chi connectivity index (χ2v) is 5.89. The number of para-hydroxylation sites is 1. The quantitative estimate of drug-likeness (QED) is 0.796. The average molecular weight is 282 g/mol. The van der Waals surface area contributed by atoms with Gasteiger partial charge in [-0.25, -0.2) is 4.98 Å². The van der Waals surface area contributed by atoms with Crippen molar-refractivity contribution < 1.29 is 4.52 Å². The molecule has 0 saturated heterocycles. The van der Waals surface area contributed by atoms with Crippen molar-refractivity contribution in [2.45, 2.75) is 32.2 Å². The smallest absolute Gasteiger partial charge is 0.227 e. The fourth-order valence-corrected chi connectivity index (χ4v) is 2.08. The summed E-state index contributed by atoms with van der Waals surface area (Å²) < 4.78 is 5.27. The Balaban J connectivity index is 1.84. The predicted molar refractivity (Wildman–Crippen MR) is 81.6 cm³/mol. The third-order valence-corrected chi connectivity index (χ3v) is 3.28. The van der Waals surface area contributed by atoms with Crippen LogP contribution in [0.3, 0.4) is 0 Å². The van der Waals surface area contributed by atoms with E-state index in [1.165, 1.54) is 0 Å². The van der Waals surface area contributed by atoms with Crippen molar-refractivity contribution in [3.05, 3.63) is 42.3 Å². The Morgan fingerprint density at radius 1 is 1.10 bits per heavy atom. The number of aromatic nitrogens is 3. The van der Waals surface area contributed by atoms with Gasteiger partial charge < -0.3 is 10.3 Å². The molecule has 2 aromatic heterocycles. The molecule has 0 fully saturated rings. The van der Waals surface area contributed by atoms with Crippen molar-refractivity contribution in [2.24, 2.45) is 5.73 Å². The Labute approximate surface area is 123 Å². The predicted octanol–water partition coefficient (Wildman–Crippen LogP) is 2.95. The van der Waals surface area contributed by atoms with Crippen molar-refractivity contribution in [1.29, 1.82) is 0 Å². The topological polar surface area (TPSA) is 77.8 Å². The third kappa shape index (κ3) is 3.25. The van der Waals surface area contributed by atoms with Crippen LogP contribution in [0.2, 0.25) is 0 Å². The van der Waals surface area contributed by atoms with E-state index in [1.807, 2.05) is 50.2 Å². The molecule has 5 heteroatoms. The van der Waals surface area contributed by atoms with Gasteiger partial charge in [0.25, 0.3) is 0 Å². The highest BCUT2D eigenvalue weighted by molar-refractivity contribution is 5.80. The maximum atomic E-state index is 5.96. The van der Waals surface area contributed by atoms with E-state index >= 15 is 0 Å². The first-order chi connectivity index (χ1) is 10.0. The lowest BCUT2D eigenvalue weighted by Gasteiger charge is -2.16. The zero-order chi connectivity index (χ0) is 14.9. The lowest BCUT2D eigenvalue weighted by molar-refractivity contribution is 0.358. The van der Waals surface area contributed by atoms with Crippen LogP contribution in [0.25, 0.3) is 22.4 Å². The van der Waals surface area contributed by atoms with E-state index in [-0.39, 0.29) is 5.54 Å². The highest BCUT2D eigenvalue weighted by atomic mass is 16.5. The minimum absolute atomic E-state index is 0.240. The highest BCUT2D eigenvalue weighted by Crippen LogP contribution is 2.19. The third-order valence-electron chi connectivity index (χ3n) is 3.28. The number of fused-ring (bicyclic) bond motifs is 1. The molecular weight excluding hydrogens is 264 g/mol. The minimum atomic E-state index is -0.240. The molecule has 108 valence electrons. The first-order valence-corrected chi connectivity index (χ1v) is 6.99. The van der Waals surface area contributed by atoms with Gasteiger partial charge in [-0.3, -0.25) is 0 Å². The van der Waals surface area contributed by atoms with E-state index in [0.29, 0.717) is 18.1 Å². The molecule has 3 aromatic rings. The van der Waals surface area contributed by atoms with Crippen molar-refractivity contribution in [3.8, 4) is 11.5 Å². The summed E-state index contributed by atoms with van der Waals surface area (Å²) in [5, 5.41) is 5.10. The number of rotatable bonds is 4. The van der Waals surface area contributed by atoms with E-state index in [2.05, 4.69) is 15.1 Å². The fraction of sp³-hybridized carbons (Fsp3) is 0.312. The summed E-state index contributed by atoms with van der Waals surface area (Å²) >= 11 is 0. The number of aryl methyl sites for hydroxylation is 1. The Morgan fingerprint density at radius 3 is 2.71 bits per heavy atom. The molecule has 0 aliphatic heterocycles. The van der Waals surface area contributed by atoms with Crippen LogP contribution in [0.4, 0.5) is 0 Å². The van der Waals surface area contributed by atoms with Gasteiger partial charge in [0.2, 0.25) is 11.7 Å². The molecule has 1 aromatic carbocycles. The van der Waals surface area contributed by atoms with Gasteiger partial charge in [-0.05, 0) is 32.4 Å². The summed E-state index contributed by atoms with van der Waals surface area (Å²) in [4.78, 5) is 8.95. The molecule has 2 N–H and O–H groups in total. The van der Waals surface area contributed by atoms with Crippen LogP contribution in [0.15, 0.2) is 40.9 Å². The monoisotopic (exact) mass is 282 g/mol. The first kappa shape index (κ1) is 13.7. The van der Waals surface area contributed by atoms with Gasteiger partial charge in [-0.15, -0.1) is 0 Å². The van der Waals surface area contributed by atoms with Crippen LogP contribution in [0, 0.1) is 0 Å². The van der Waals surface area contributed by atoms with E-state index in [0.717, 1.165) is 23.0 Å². The van der Waals surface area contributed by atoms with E-state index in [1.54, 1.807) is 0 Å². The molecule has 2 heterocycles. The first-order valence-electron chi connectivity index (χ1n) is 6.99. The maximum Gasteiger partial charge on any atom is 0.227 e. The maximum absolute atomic E-state index is 5.96. The van der Waals surface area contributed by atoms with Gasteiger partial charge in [0.1, 0.15) is 5.69 Å². The van der Waals surface area contributed by atoms with Crippen LogP contribution in [0.5, 0.6) is 0 Å². The fourth-order valence-electron chi connectivity index (χ4n) is 2.08. The second kappa shape index (κ2) is 5.26. The molecule has 0 radical (unpaired) electrons. The summed E-state index contributed by atoms with van der Waals surface area (Å²) in [6.45, 7) is 3.96.